The van der Waals surface area contributed by atoms with Crippen molar-refractivity contribution >= 4 is 5.78 Å². The summed E-state index contributed by atoms with van der Waals surface area (Å²) in [7, 11) is 0. The van der Waals surface area contributed by atoms with Gasteiger partial charge in [0.05, 0.1) is 0 Å². The number of rotatable bonds is 2. The molecule has 0 spiro atoms. The topological polar surface area (TPSA) is 43.1 Å². The predicted octanol–water partition coefficient (Wildman–Crippen LogP) is 1.18. The highest BCUT2D eigenvalue weighted by molar-refractivity contribution is 5.96. The van der Waals surface area contributed by atoms with E-state index < -0.39 is 0 Å². The van der Waals surface area contributed by atoms with Gasteiger partial charge in [0.25, 0.3) is 0 Å². The van der Waals surface area contributed by atoms with E-state index in [0.717, 1.165) is 12.0 Å². The summed E-state index contributed by atoms with van der Waals surface area (Å²) in [6.07, 6.45) is 7.04. The Hall–Kier alpha value is -0.890. The minimum absolute atomic E-state index is 0.0764. The van der Waals surface area contributed by atoms with Crippen LogP contribution in [0.1, 0.15) is 19.8 Å². The van der Waals surface area contributed by atoms with Gasteiger partial charge >= 0.3 is 0 Å². The van der Waals surface area contributed by atoms with Crippen LogP contribution < -0.4 is 5.73 Å². The van der Waals surface area contributed by atoms with Crippen molar-refractivity contribution in [2.24, 2.45) is 5.73 Å². The van der Waals surface area contributed by atoms with Gasteiger partial charge in [0.1, 0.15) is 0 Å². The molecule has 0 saturated carbocycles. The Bertz CT molecular complexity index is 216. The summed E-state index contributed by atoms with van der Waals surface area (Å²) in [5.74, 6) is 0.168. The van der Waals surface area contributed by atoms with Crippen molar-refractivity contribution < 1.29 is 4.79 Å². The molecule has 0 aromatic carbocycles. The van der Waals surface area contributed by atoms with E-state index in [9.17, 15) is 4.79 Å². The van der Waals surface area contributed by atoms with Crippen LogP contribution in [0.4, 0.5) is 0 Å². The number of allylic oxidation sites excluding steroid dienone is 2. The molecule has 0 aromatic heterocycles. The van der Waals surface area contributed by atoms with Crippen LogP contribution in [0.5, 0.6) is 0 Å². The maximum absolute atomic E-state index is 11.2. The van der Waals surface area contributed by atoms with Gasteiger partial charge in [-0.3, -0.25) is 4.79 Å². The lowest BCUT2D eigenvalue weighted by atomic mass is 9.95. The minimum Gasteiger partial charge on any atom is -0.324 e. The number of nitrogens with two attached hydrogens (primary N) is 1. The van der Waals surface area contributed by atoms with Gasteiger partial charge in [0.2, 0.25) is 0 Å². The lowest BCUT2D eigenvalue weighted by molar-refractivity contribution is -0.115. The quantitative estimate of drug-likeness (QED) is 0.644. The first-order valence-electron chi connectivity index (χ1n) is 3.91. The summed E-state index contributed by atoms with van der Waals surface area (Å²) >= 11 is 0. The van der Waals surface area contributed by atoms with E-state index in [1.54, 1.807) is 0 Å². The van der Waals surface area contributed by atoms with Crippen molar-refractivity contribution in [3.05, 3.63) is 23.8 Å². The summed E-state index contributed by atoms with van der Waals surface area (Å²) in [5, 5.41) is 0. The molecule has 0 heterocycles. The van der Waals surface area contributed by atoms with Crippen LogP contribution >= 0.6 is 0 Å². The molecule has 1 atom stereocenters. The molecule has 1 rings (SSSR count). The predicted molar refractivity (Wildman–Crippen MR) is 45.1 cm³/mol. The van der Waals surface area contributed by atoms with Crippen molar-refractivity contribution in [1.82, 2.24) is 0 Å². The molecule has 0 amide bonds. The van der Waals surface area contributed by atoms with Crippen LogP contribution in [-0.2, 0) is 4.79 Å². The number of carbonyl (C=O) groups is 1. The molecule has 0 saturated heterocycles. The van der Waals surface area contributed by atoms with E-state index in [-0.39, 0.29) is 11.8 Å². The normalized spacial score (nSPS) is 23.1. The summed E-state index contributed by atoms with van der Waals surface area (Å²) < 4.78 is 0. The largest absolute Gasteiger partial charge is 0.324 e. The van der Waals surface area contributed by atoms with Crippen LogP contribution in [-0.4, -0.2) is 11.8 Å². The van der Waals surface area contributed by atoms with Crippen LogP contribution in [0.3, 0.4) is 0 Å². The molecule has 2 heteroatoms. The Labute approximate surface area is 66.8 Å². The fourth-order valence-electron chi connectivity index (χ4n) is 1.15. The van der Waals surface area contributed by atoms with E-state index in [2.05, 4.69) is 0 Å². The van der Waals surface area contributed by atoms with E-state index in [1.807, 2.05) is 25.2 Å². The number of hydrogen-bond donors (Lipinski definition) is 1. The molecule has 2 N–H and O–H groups in total. The molecular weight excluding hydrogens is 138 g/mol. The monoisotopic (exact) mass is 151 g/mol. The van der Waals surface area contributed by atoms with Crippen molar-refractivity contribution in [1.29, 1.82) is 0 Å². The van der Waals surface area contributed by atoms with Gasteiger partial charge in [-0.1, -0.05) is 25.2 Å². The molecule has 1 aliphatic rings. The van der Waals surface area contributed by atoms with Crippen molar-refractivity contribution in [2.45, 2.75) is 25.8 Å². The second-order valence-corrected chi connectivity index (χ2v) is 2.67. The summed E-state index contributed by atoms with van der Waals surface area (Å²) in [6, 6.07) is -0.0764. The zero-order valence-electron chi connectivity index (χ0n) is 6.71. The highest BCUT2D eigenvalue weighted by Crippen LogP contribution is 2.12. The molecule has 0 fully saturated rings. The summed E-state index contributed by atoms with van der Waals surface area (Å²) in [4.78, 5) is 11.2. The first kappa shape index (κ1) is 8.21. The fourth-order valence-corrected chi connectivity index (χ4v) is 1.15. The molecule has 11 heavy (non-hydrogen) atoms. The fraction of sp³-hybridized carbons (Fsp3) is 0.444. The van der Waals surface area contributed by atoms with Gasteiger partial charge in [0.15, 0.2) is 5.78 Å². The van der Waals surface area contributed by atoms with Gasteiger partial charge in [-0.2, -0.15) is 0 Å². The zero-order valence-corrected chi connectivity index (χ0v) is 6.71. The molecule has 1 aliphatic carbocycles. The Morgan fingerprint density at radius 3 is 3.09 bits per heavy atom. The smallest absolute Gasteiger partial charge is 0.160 e. The average Bonchev–Trinajstić information content (AvgIpc) is 2.04. The van der Waals surface area contributed by atoms with Crippen molar-refractivity contribution in [3.8, 4) is 0 Å². The highest BCUT2D eigenvalue weighted by Gasteiger charge is 2.15. The number of carbonyl (C=O) groups excluding carboxylic acids is 1. The second kappa shape index (κ2) is 3.49. The Kier molecular flexibility index (Phi) is 2.60. The Morgan fingerprint density at radius 2 is 2.55 bits per heavy atom. The third kappa shape index (κ3) is 1.77. The zero-order chi connectivity index (χ0) is 8.27. The lowest BCUT2D eigenvalue weighted by Gasteiger charge is -2.14. The van der Waals surface area contributed by atoms with Crippen molar-refractivity contribution in [2.75, 3.05) is 0 Å². The number of Topliss-reactive ketones (excluding diaryl/α,β-unsaturated/α-hetero) is 1. The van der Waals surface area contributed by atoms with Crippen molar-refractivity contribution in [3.63, 3.8) is 0 Å². The molecule has 0 radical (unpaired) electrons. The van der Waals surface area contributed by atoms with Crippen LogP contribution in [0.25, 0.3) is 0 Å². The summed E-state index contributed by atoms with van der Waals surface area (Å²) in [5.41, 5.74) is 6.49. The van der Waals surface area contributed by atoms with Gasteiger partial charge in [-0.15, -0.1) is 0 Å². The van der Waals surface area contributed by atoms with Gasteiger partial charge < -0.3 is 5.73 Å². The van der Waals surface area contributed by atoms with Crippen LogP contribution in [0, 0.1) is 0 Å². The molecular formula is C9H13NO. The molecule has 0 aromatic rings. The molecule has 0 aliphatic heterocycles. The minimum atomic E-state index is -0.0764. The maximum Gasteiger partial charge on any atom is 0.160 e. The Morgan fingerprint density at radius 1 is 1.82 bits per heavy atom. The highest BCUT2D eigenvalue weighted by atomic mass is 16.1. The van der Waals surface area contributed by atoms with E-state index in [0.29, 0.717) is 6.42 Å². The van der Waals surface area contributed by atoms with Crippen LogP contribution in [0.15, 0.2) is 23.8 Å². The number of hydrogen-bond acceptors (Lipinski definition) is 2. The SMILES string of the molecule is CCC(=O)C1=CC=CCC1N. The van der Waals surface area contributed by atoms with Gasteiger partial charge in [0, 0.05) is 18.0 Å². The third-order valence-electron chi connectivity index (χ3n) is 1.84. The lowest BCUT2D eigenvalue weighted by Crippen LogP contribution is -2.27. The third-order valence-corrected chi connectivity index (χ3v) is 1.84. The maximum atomic E-state index is 11.2. The van der Waals surface area contributed by atoms with E-state index >= 15 is 0 Å². The number of ketones is 1. The van der Waals surface area contributed by atoms with Gasteiger partial charge in [-0.05, 0) is 6.42 Å². The van der Waals surface area contributed by atoms with E-state index in [4.69, 9.17) is 5.73 Å². The molecule has 1 unspecified atom stereocenters. The summed E-state index contributed by atoms with van der Waals surface area (Å²) in [6.45, 7) is 1.86. The van der Waals surface area contributed by atoms with E-state index in [1.165, 1.54) is 0 Å². The second-order valence-electron chi connectivity index (χ2n) is 2.67. The molecule has 60 valence electrons. The Balaban J connectivity index is 2.75. The first-order valence-corrected chi connectivity index (χ1v) is 3.91. The molecule has 0 bridgehead atoms. The van der Waals surface area contributed by atoms with Crippen LogP contribution in [0.2, 0.25) is 0 Å². The molecule has 2 nitrogen and oxygen atoms in total. The standard InChI is InChI=1S/C9H13NO/c1-2-9(11)7-5-3-4-6-8(7)10/h3-5,8H,2,6,10H2,1H3. The first-order chi connectivity index (χ1) is 5.25. The average molecular weight is 151 g/mol. The van der Waals surface area contributed by atoms with Gasteiger partial charge in [-0.25, -0.2) is 0 Å².